The van der Waals surface area contributed by atoms with E-state index in [4.69, 9.17) is 5.11 Å². The molecule has 0 aliphatic heterocycles. The van der Waals surface area contributed by atoms with Gasteiger partial charge in [-0.2, -0.15) is 0 Å². The lowest BCUT2D eigenvalue weighted by molar-refractivity contribution is 0.0918. The molecule has 0 unspecified atom stereocenters. The Hall–Kier alpha value is -1.86. The Balaban J connectivity index is 1.92. The normalized spacial score (nSPS) is 21.7. The Labute approximate surface area is 119 Å². The quantitative estimate of drug-likeness (QED) is 0.806. The van der Waals surface area contributed by atoms with Crippen LogP contribution in [0, 0.1) is 17.8 Å². The van der Waals surface area contributed by atoms with Crippen LogP contribution >= 0.6 is 0 Å². The van der Waals surface area contributed by atoms with Gasteiger partial charge in [0.05, 0.1) is 0 Å². The summed E-state index contributed by atoms with van der Waals surface area (Å²) in [5.41, 5.74) is 1.11. The van der Waals surface area contributed by atoms with Gasteiger partial charge in [0.25, 0.3) is 5.91 Å². The van der Waals surface area contributed by atoms with Gasteiger partial charge < -0.3 is 10.4 Å². The van der Waals surface area contributed by atoms with Gasteiger partial charge in [-0.25, -0.2) is 4.98 Å². The molecule has 1 aromatic rings. The lowest BCUT2D eigenvalue weighted by Gasteiger charge is -2.26. The minimum atomic E-state index is -0.178. The SMILES string of the molecule is CC1CCC(NC(=O)c2ccc(C#CCO)cn2)CC1. The van der Waals surface area contributed by atoms with Gasteiger partial charge in [0, 0.05) is 17.8 Å². The molecule has 1 aliphatic carbocycles. The summed E-state index contributed by atoms with van der Waals surface area (Å²) in [7, 11) is 0. The summed E-state index contributed by atoms with van der Waals surface area (Å²) < 4.78 is 0. The fourth-order valence-corrected chi connectivity index (χ4v) is 2.41. The number of carbonyl (C=O) groups excluding carboxylic acids is 1. The zero-order valence-corrected chi connectivity index (χ0v) is 11.7. The van der Waals surface area contributed by atoms with E-state index in [0.29, 0.717) is 11.3 Å². The van der Waals surface area contributed by atoms with Gasteiger partial charge >= 0.3 is 0 Å². The Morgan fingerprint density at radius 3 is 2.75 bits per heavy atom. The van der Waals surface area contributed by atoms with Crippen LogP contribution < -0.4 is 5.32 Å². The van der Waals surface area contributed by atoms with Crippen molar-refractivity contribution in [3.63, 3.8) is 0 Å². The zero-order chi connectivity index (χ0) is 14.4. The highest BCUT2D eigenvalue weighted by Crippen LogP contribution is 2.23. The first-order valence-corrected chi connectivity index (χ1v) is 7.05. The largest absolute Gasteiger partial charge is 0.384 e. The molecule has 1 fully saturated rings. The van der Waals surface area contributed by atoms with Crippen LogP contribution in [0.5, 0.6) is 0 Å². The van der Waals surface area contributed by atoms with Crippen molar-refractivity contribution in [2.75, 3.05) is 6.61 Å². The zero-order valence-electron chi connectivity index (χ0n) is 11.7. The lowest BCUT2D eigenvalue weighted by atomic mass is 9.87. The minimum absolute atomic E-state index is 0.119. The summed E-state index contributed by atoms with van der Waals surface area (Å²) >= 11 is 0. The number of hydrogen-bond donors (Lipinski definition) is 2. The molecule has 2 rings (SSSR count). The summed E-state index contributed by atoms with van der Waals surface area (Å²) in [6, 6.07) is 3.68. The molecule has 1 saturated carbocycles. The molecule has 2 N–H and O–H groups in total. The molecule has 20 heavy (non-hydrogen) atoms. The first-order chi connectivity index (χ1) is 9.69. The van der Waals surface area contributed by atoms with E-state index in [-0.39, 0.29) is 18.6 Å². The Kier molecular flexibility index (Phi) is 5.14. The second-order valence-corrected chi connectivity index (χ2v) is 5.32. The molecular weight excluding hydrogens is 252 g/mol. The highest BCUT2D eigenvalue weighted by Gasteiger charge is 2.20. The monoisotopic (exact) mass is 272 g/mol. The Morgan fingerprint density at radius 2 is 2.15 bits per heavy atom. The van der Waals surface area contributed by atoms with Gasteiger partial charge in [-0.05, 0) is 43.7 Å². The van der Waals surface area contributed by atoms with Crippen molar-refractivity contribution in [1.82, 2.24) is 10.3 Å². The molecule has 1 aromatic heterocycles. The molecule has 0 bridgehead atoms. The standard InChI is InChI=1S/C16H20N2O2/c1-12-4-7-14(8-5-12)18-16(20)15-9-6-13(11-17-15)3-2-10-19/h6,9,11-12,14,19H,4-5,7-8,10H2,1H3,(H,18,20). The maximum atomic E-state index is 12.1. The van der Waals surface area contributed by atoms with E-state index in [9.17, 15) is 4.79 Å². The van der Waals surface area contributed by atoms with Crippen molar-refractivity contribution in [3.8, 4) is 11.8 Å². The van der Waals surface area contributed by atoms with Crippen LogP contribution in [0.3, 0.4) is 0 Å². The maximum Gasteiger partial charge on any atom is 0.270 e. The third-order valence-electron chi connectivity index (χ3n) is 3.66. The number of aromatic nitrogens is 1. The minimum Gasteiger partial charge on any atom is -0.384 e. The van der Waals surface area contributed by atoms with Crippen LogP contribution in [0.15, 0.2) is 18.3 Å². The van der Waals surface area contributed by atoms with Crippen molar-refractivity contribution in [1.29, 1.82) is 0 Å². The molecule has 1 aliphatic rings. The van der Waals surface area contributed by atoms with Crippen molar-refractivity contribution in [3.05, 3.63) is 29.6 Å². The first kappa shape index (κ1) is 14.5. The number of pyridine rings is 1. The maximum absolute atomic E-state index is 12.1. The topological polar surface area (TPSA) is 62.2 Å². The van der Waals surface area contributed by atoms with Gasteiger partial charge in [-0.1, -0.05) is 18.8 Å². The average Bonchev–Trinajstić information content (AvgIpc) is 2.48. The van der Waals surface area contributed by atoms with Gasteiger partial charge in [-0.3, -0.25) is 4.79 Å². The summed E-state index contributed by atoms with van der Waals surface area (Å²) in [6.07, 6.45) is 6.00. The molecule has 4 heteroatoms. The average molecular weight is 272 g/mol. The van der Waals surface area contributed by atoms with Crippen molar-refractivity contribution in [2.45, 2.75) is 38.6 Å². The van der Waals surface area contributed by atoms with Gasteiger partial charge in [0.2, 0.25) is 0 Å². The smallest absolute Gasteiger partial charge is 0.270 e. The molecule has 0 atom stereocenters. The summed E-state index contributed by atoms with van der Waals surface area (Å²) in [6.45, 7) is 2.08. The first-order valence-electron chi connectivity index (χ1n) is 7.05. The predicted molar refractivity (Wildman–Crippen MR) is 77.1 cm³/mol. The number of aliphatic hydroxyl groups is 1. The van der Waals surface area contributed by atoms with E-state index < -0.39 is 0 Å². The lowest BCUT2D eigenvalue weighted by Crippen LogP contribution is -2.37. The molecule has 0 spiro atoms. The second kappa shape index (κ2) is 7.06. The summed E-state index contributed by atoms with van der Waals surface area (Å²) in [4.78, 5) is 16.2. The number of rotatable bonds is 2. The number of aliphatic hydroxyl groups excluding tert-OH is 1. The van der Waals surface area contributed by atoms with E-state index in [1.807, 2.05) is 0 Å². The van der Waals surface area contributed by atoms with Crippen LogP contribution in [0.25, 0.3) is 0 Å². The number of nitrogens with zero attached hydrogens (tertiary/aromatic N) is 1. The molecular formula is C16H20N2O2. The van der Waals surface area contributed by atoms with Crippen LogP contribution in [-0.2, 0) is 0 Å². The van der Waals surface area contributed by atoms with E-state index in [1.54, 1.807) is 18.3 Å². The number of nitrogens with one attached hydrogen (secondary N) is 1. The third-order valence-corrected chi connectivity index (χ3v) is 3.66. The van der Waals surface area contributed by atoms with Crippen LogP contribution in [-0.4, -0.2) is 28.6 Å². The molecule has 0 saturated heterocycles. The Bertz CT molecular complexity index is 506. The van der Waals surface area contributed by atoms with Gasteiger partial charge in [-0.15, -0.1) is 0 Å². The Morgan fingerprint density at radius 1 is 1.40 bits per heavy atom. The fraction of sp³-hybridized carbons (Fsp3) is 0.500. The molecule has 0 radical (unpaired) electrons. The van der Waals surface area contributed by atoms with Crippen molar-refractivity contribution >= 4 is 5.91 Å². The van der Waals surface area contributed by atoms with Gasteiger partial charge in [0.15, 0.2) is 0 Å². The fourth-order valence-electron chi connectivity index (χ4n) is 2.41. The molecule has 4 nitrogen and oxygen atoms in total. The molecule has 1 amide bonds. The molecule has 0 aromatic carbocycles. The van der Waals surface area contributed by atoms with Crippen LogP contribution in [0.4, 0.5) is 0 Å². The van der Waals surface area contributed by atoms with Crippen molar-refractivity contribution in [2.24, 2.45) is 5.92 Å². The molecule has 1 heterocycles. The highest BCUT2D eigenvalue weighted by atomic mass is 16.2. The highest BCUT2D eigenvalue weighted by molar-refractivity contribution is 5.92. The van der Waals surface area contributed by atoms with E-state index in [1.165, 1.54) is 12.8 Å². The number of carbonyl (C=O) groups is 1. The number of hydrogen-bond acceptors (Lipinski definition) is 3. The molecule has 106 valence electrons. The second-order valence-electron chi connectivity index (χ2n) is 5.32. The number of amides is 1. The van der Waals surface area contributed by atoms with Crippen LogP contribution in [0.2, 0.25) is 0 Å². The summed E-state index contributed by atoms with van der Waals surface area (Å²) in [5.74, 6) is 5.95. The third kappa shape index (κ3) is 4.07. The predicted octanol–water partition coefficient (Wildman–Crippen LogP) is 1.73. The van der Waals surface area contributed by atoms with E-state index >= 15 is 0 Å². The summed E-state index contributed by atoms with van der Waals surface area (Å²) in [5, 5.41) is 11.7. The van der Waals surface area contributed by atoms with Gasteiger partial charge in [0.1, 0.15) is 12.3 Å². The van der Waals surface area contributed by atoms with Crippen molar-refractivity contribution < 1.29 is 9.90 Å². The van der Waals surface area contributed by atoms with Crippen LogP contribution in [0.1, 0.15) is 48.7 Å². The van der Waals surface area contributed by atoms with E-state index in [0.717, 1.165) is 18.8 Å². The van der Waals surface area contributed by atoms with E-state index in [2.05, 4.69) is 29.1 Å².